The van der Waals surface area contributed by atoms with Crippen LogP contribution < -0.4 is 16.1 Å². The number of benzene rings is 2. The Morgan fingerprint density at radius 2 is 1.64 bits per heavy atom. The number of rotatable bonds is 5. The van der Waals surface area contributed by atoms with Crippen molar-refractivity contribution in [3.8, 4) is 0 Å². The first-order valence-electron chi connectivity index (χ1n) is 8.52. The second-order valence-corrected chi connectivity index (χ2v) is 6.65. The zero-order valence-electron chi connectivity index (χ0n) is 15.8. The van der Waals surface area contributed by atoms with E-state index in [0.717, 1.165) is 11.1 Å². The van der Waals surface area contributed by atoms with Crippen molar-refractivity contribution in [2.45, 2.75) is 27.2 Å². The Kier molecular flexibility index (Phi) is 7.28. The summed E-state index contributed by atoms with van der Waals surface area (Å²) in [6.45, 7) is 5.29. The third kappa shape index (κ3) is 6.21. The van der Waals surface area contributed by atoms with E-state index in [2.05, 4.69) is 21.2 Å². The molecule has 146 valence electrons. The summed E-state index contributed by atoms with van der Waals surface area (Å²) in [6.07, 6.45) is -0.0498. The minimum Gasteiger partial charge on any atom is -0.325 e. The topological polar surface area (TPSA) is 99.7 Å². The van der Waals surface area contributed by atoms with Crippen LogP contribution in [0, 0.1) is 13.8 Å². The molecule has 3 amide bonds. The Labute approximate surface area is 168 Å². The zero-order valence-corrected chi connectivity index (χ0v) is 16.6. The van der Waals surface area contributed by atoms with Gasteiger partial charge in [-0.25, -0.2) is 5.43 Å². The standard InChI is InChI=1S/C20H21ClN4O3/c1-12-7-9-15(10-8-12)22-19(27)20(28)25-24-13(2)11-18(26)23-17-6-4-5-16(21)14(17)3/h4-10H,11H2,1-3H3,(H,22,27)(H,23,26)(H,25,28)/b24-13+. The highest BCUT2D eigenvalue weighted by molar-refractivity contribution is 6.39. The van der Waals surface area contributed by atoms with E-state index in [-0.39, 0.29) is 12.3 Å². The first-order chi connectivity index (χ1) is 13.3. The highest BCUT2D eigenvalue weighted by atomic mass is 35.5. The molecule has 0 unspecified atom stereocenters. The monoisotopic (exact) mass is 400 g/mol. The summed E-state index contributed by atoms with van der Waals surface area (Å²) in [5, 5.41) is 9.54. The van der Waals surface area contributed by atoms with Crippen LogP contribution in [0.2, 0.25) is 5.02 Å². The van der Waals surface area contributed by atoms with Crippen LogP contribution >= 0.6 is 11.6 Å². The Balaban J connectivity index is 1.86. The van der Waals surface area contributed by atoms with Gasteiger partial charge < -0.3 is 10.6 Å². The molecular weight excluding hydrogens is 380 g/mol. The average molecular weight is 401 g/mol. The van der Waals surface area contributed by atoms with E-state index < -0.39 is 11.8 Å². The van der Waals surface area contributed by atoms with Crippen LogP contribution in [-0.4, -0.2) is 23.4 Å². The molecule has 0 aromatic heterocycles. The van der Waals surface area contributed by atoms with Gasteiger partial charge in [0.15, 0.2) is 0 Å². The number of hydrazone groups is 1. The van der Waals surface area contributed by atoms with Crippen LogP contribution in [0.3, 0.4) is 0 Å². The van der Waals surface area contributed by atoms with Crippen molar-refractivity contribution < 1.29 is 14.4 Å². The second kappa shape index (κ2) is 9.66. The molecule has 2 rings (SSSR count). The highest BCUT2D eigenvalue weighted by Gasteiger charge is 2.14. The molecule has 0 atom stereocenters. The van der Waals surface area contributed by atoms with Gasteiger partial charge in [0.05, 0.1) is 6.42 Å². The van der Waals surface area contributed by atoms with E-state index in [1.54, 1.807) is 44.2 Å². The lowest BCUT2D eigenvalue weighted by molar-refractivity contribution is -0.136. The van der Waals surface area contributed by atoms with E-state index in [9.17, 15) is 14.4 Å². The maximum absolute atomic E-state index is 12.1. The van der Waals surface area contributed by atoms with Crippen LogP contribution in [-0.2, 0) is 14.4 Å². The molecule has 7 nitrogen and oxygen atoms in total. The smallest absolute Gasteiger partial charge is 0.325 e. The molecule has 2 aromatic rings. The van der Waals surface area contributed by atoms with Crippen LogP contribution in [0.5, 0.6) is 0 Å². The Hall–Kier alpha value is -3.19. The number of anilines is 2. The van der Waals surface area contributed by atoms with E-state index >= 15 is 0 Å². The fourth-order valence-electron chi connectivity index (χ4n) is 2.23. The molecule has 0 saturated heterocycles. The summed E-state index contributed by atoms with van der Waals surface area (Å²) < 4.78 is 0. The number of hydrogen-bond donors (Lipinski definition) is 3. The number of nitrogens with zero attached hydrogens (tertiary/aromatic N) is 1. The third-order valence-corrected chi connectivity index (χ3v) is 4.23. The predicted molar refractivity (Wildman–Crippen MR) is 110 cm³/mol. The van der Waals surface area contributed by atoms with Gasteiger partial charge in [0.2, 0.25) is 5.91 Å². The molecule has 3 N–H and O–H groups in total. The normalized spacial score (nSPS) is 10.9. The summed E-state index contributed by atoms with van der Waals surface area (Å²) in [4.78, 5) is 35.8. The summed E-state index contributed by atoms with van der Waals surface area (Å²) in [7, 11) is 0. The SMILES string of the molecule is C/C(CC(=O)Nc1cccc(Cl)c1C)=N\NC(=O)C(=O)Nc1ccc(C)cc1. The number of carbonyl (C=O) groups excluding carboxylic acids is 3. The maximum atomic E-state index is 12.1. The summed E-state index contributed by atoms with van der Waals surface area (Å²) in [5.74, 6) is -2.09. The van der Waals surface area contributed by atoms with Crippen LogP contribution in [0.15, 0.2) is 47.6 Å². The average Bonchev–Trinajstić information content (AvgIpc) is 2.65. The quantitative estimate of drug-likeness (QED) is 0.407. The lowest BCUT2D eigenvalue weighted by Crippen LogP contribution is -2.33. The van der Waals surface area contributed by atoms with Gasteiger partial charge in [0.25, 0.3) is 0 Å². The largest absolute Gasteiger partial charge is 0.329 e. The van der Waals surface area contributed by atoms with Crippen molar-refractivity contribution >= 4 is 46.4 Å². The Bertz CT molecular complexity index is 924. The van der Waals surface area contributed by atoms with Gasteiger partial charge in [-0.2, -0.15) is 5.10 Å². The second-order valence-electron chi connectivity index (χ2n) is 6.25. The molecule has 0 saturated carbocycles. The van der Waals surface area contributed by atoms with Gasteiger partial charge >= 0.3 is 11.8 Å². The van der Waals surface area contributed by atoms with Crippen molar-refractivity contribution in [3.05, 3.63) is 58.6 Å². The number of hydrogen-bond acceptors (Lipinski definition) is 4. The fraction of sp³-hybridized carbons (Fsp3) is 0.200. The Morgan fingerprint density at radius 3 is 2.32 bits per heavy atom. The molecule has 0 bridgehead atoms. The van der Waals surface area contributed by atoms with Crippen molar-refractivity contribution in [3.63, 3.8) is 0 Å². The third-order valence-electron chi connectivity index (χ3n) is 3.82. The molecule has 0 aliphatic heterocycles. The molecule has 0 aliphatic carbocycles. The molecule has 28 heavy (non-hydrogen) atoms. The van der Waals surface area contributed by atoms with Crippen LogP contribution in [0.1, 0.15) is 24.5 Å². The summed E-state index contributed by atoms with van der Waals surface area (Å²) >= 11 is 6.02. The summed E-state index contributed by atoms with van der Waals surface area (Å²) in [6, 6.07) is 12.2. The van der Waals surface area contributed by atoms with Crippen molar-refractivity contribution in [2.24, 2.45) is 5.10 Å². The van der Waals surface area contributed by atoms with Gasteiger partial charge in [-0.3, -0.25) is 14.4 Å². The molecular formula is C20H21ClN4O3. The number of amides is 3. The van der Waals surface area contributed by atoms with Gasteiger partial charge in [-0.05, 0) is 50.6 Å². The van der Waals surface area contributed by atoms with E-state index in [1.165, 1.54) is 0 Å². The molecule has 2 aromatic carbocycles. The van der Waals surface area contributed by atoms with Crippen LogP contribution in [0.25, 0.3) is 0 Å². The summed E-state index contributed by atoms with van der Waals surface area (Å²) in [5.41, 5.74) is 5.38. The minimum atomic E-state index is -0.925. The van der Waals surface area contributed by atoms with E-state index in [1.807, 2.05) is 19.1 Å². The van der Waals surface area contributed by atoms with Gasteiger partial charge in [-0.15, -0.1) is 0 Å². The van der Waals surface area contributed by atoms with E-state index in [4.69, 9.17) is 11.6 Å². The van der Waals surface area contributed by atoms with E-state index in [0.29, 0.717) is 22.1 Å². The molecule has 0 aliphatic rings. The van der Waals surface area contributed by atoms with Gasteiger partial charge in [0, 0.05) is 22.1 Å². The first kappa shape index (κ1) is 21.1. The molecule has 0 radical (unpaired) electrons. The fourth-order valence-corrected chi connectivity index (χ4v) is 2.41. The Morgan fingerprint density at radius 1 is 0.964 bits per heavy atom. The van der Waals surface area contributed by atoms with Gasteiger partial charge in [0.1, 0.15) is 0 Å². The molecule has 0 heterocycles. The van der Waals surface area contributed by atoms with Crippen molar-refractivity contribution in [1.29, 1.82) is 0 Å². The molecule has 0 spiro atoms. The molecule has 8 heteroatoms. The van der Waals surface area contributed by atoms with Crippen molar-refractivity contribution in [1.82, 2.24) is 5.43 Å². The van der Waals surface area contributed by atoms with Gasteiger partial charge in [-0.1, -0.05) is 35.4 Å². The minimum absolute atomic E-state index is 0.0498. The van der Waals surface area contributed by atoms with Crippen LogP contribution in [0.4, 0.5) is 11.4 Å². The number of nitrogens with one attached hydrogen (secondary N) is 3. The van der Waals surface area contributed by atoms with Crippen molar-refractivity contribution in [2.75, 3.05) is 10.6 Å². The highest BCUT2D eigenvalue weighted by Crippen LogP contribution is 2.22. The predicted octanol–water partition coefficient (Wildman–Crippen LogP) is 3.42. The number of aryl methyl sites for hydroxylation is 1. The lowest BCUT2D eigenvalue weighted by atomic mass is 10.2. The molecule has 0 fully saturated rings. The maximum Gasteiger partial charge on any atom is 0.329 e. The number of halogens is 1. The lowest BCUT2D eigenvalue weighted by Gasteiger charge is -2.09. The first-order valence-corrected chi connectivity index (χ1v) is 8.90. The number of carbonyl (C=O) groups is 3. The zero-order chi connectivity index (χ0) is 20.7.